The van der Waals surface area contributed by atoms with Crippen LogP contribution in [0, 0.1) is 19.8 Å². The number of nitrogens with zero attached hydrogens (tertiary/aromatic N) is 3. The Kier molecular flexibility index (Phi) is 6.69. The largest absolute Gasteiger partial charge is 0.369 e. The van der Waals surface area contributed by atoms with E-state index in [1.54, 1.807) is 12.3 Å². The van der Waals surface area contributed by atoms with E-state index in [2.05, 4.69) is 47.4 Å². The van der Waals surface area contributed by atoms with Crippen molar-refractivity contribution in [3.63, 3.8) is 0 Å². The fraction of sp³-hybridized carbons (Fsp3) is 0.346. The quantitative estimate of drug-likeness (QED) is 0.651. The van der Waals surface area contributed by atoms with Gasteiger partial charge in [0.15, 0.2) is 0 Å². The number of aromatic nitrogens is 2. The van der Waals surface area contributed by atoms with E-state index in [0.717, 1.165) is 36.2 Å². The van der Waals surface area contributed by atoms with E-state index in [1.165, 1.54) is 15.8 Å². The average Bonchev–Trinajstić information content (AvgIpc) is 2.81. The van der Waals surface area contributed by atoms with Crippen LogP contribution in [0.2, 0.25) is 0 Å². The lowest BCUT2D eigenvalue weighted by molar-refractivity contribution is -0.125. The summed E-state index contributed by atoms with van der Waals surface area (Å²) in [4.78, 5) is 27.5. The summed E-state index contributed by atoms with van der Waals surface area (Å²) in [6.07, 6.45) is 3.50. The highest BCUT2D eigenvalue weighted by molar-refractivity contribution is 5.79. The molecule has 4 rings (SSSR count). The van der Waals surface area contributed by atoms with Crippen molar-refractivity contribution in [2.24, 2.45) is 5.92 Å². The van der Waals surface area contributed by atoms with Gasteiger partial charge < -0.3 is 10.2 Å². The van der Waals surface area contributed by atoms with Gasteiger partial charge in [0, 0.05) is 25.7 Å². The Morgan fingerprint density at radius 2 is 1.88 bits per heavy atom. The van der Waals surface area contributed by atoms with E-state index in [-0.39, 0.29) is 17.4 Å². The lowest BCUT2D eigenvalue weighted by Crippen LogP contribution is -2.43. The van der Waals surface area contributed by atoms with Crippen LogP contribution in [0.3, 0.4) is 0 Å². The third kappa shape index (κ3) is 5.25. The van der Waals surface area contributed by atoms with Gasteiger partial charge in [-0.1, -0.05) is 48.5 Å². The van der Waals surface area contributed by atoms with E-state index in [0.29, 0.717) is 19.6 Å². The van der Waals surface area contributed by atoms with Crippen molar-refractivity contribution in [3.05, 3.63) is 93.4 Å². The molecule has 2 aromatic carbocycles. The molecule has 1 fully saturated rings. The molecule has 1 aliphatic heterocycles. The van der Waals surface area contributed by atoms with Gasteiger partial charge in [-0.25, -0.2) is 4.68 Å². The van der Waals surface area contributed by atoms with Crippen LogP contribution in [0.15, 0.2) is 65.6 Å². The number of amides is 1. The predicted molar refractivity (Wildman–Crippen MR) is 127 cm³/mol. The zero-order valence-corrected chi connectivity index (χ0v) is 18.8. The Bertz CT molecular complexity index is 1140. The fourth-order valence-corrected chi connectivity index (χ4v) is 4.14. The molecular formula is C26H30N4O2. The predicted octanol–water partition coefficient (Wildman–Crippen LogP) is 3.44. The molecular weight excluding hydrogens is 400 g/mol. The summed E-state index contributed by atoms with van der Waals surface area (Å²) in [6.45, 7) is 6.58. The second kappa shape index (κ2) is 9.81. The molecule has 1 aliphatic rings. The summed E-state index contributed by atoms with van der Waals surface area (Å²) in [6, 6.07) is 17.7. The maximum atomic E-state index is 12.8. The molecule has 0 spiro atoms. The Morgan fingerprint density at radius 1 is 1.06 bits per heavy atom. The molecule has 0 radical (unpaired) electrons. The number of nitrogens with one attached hydrogen (secondary N) is 1. The molecule has 1 N–H and O–H groups in total. The molecule has 2 heterocycles. The lowest BCUT2D eigenvalue weighted by atomic mass is 9.96. The summed E-state index contributed by atoms with van der Waals surface area (Å²) in [5.41, 5.74) is 5.28. The van der Waals surface area contributed by atoms with Crippen molar-refractivity contribution in [1.82, 2.24) is 15.1 Å². The number of anilines is 1. The number of carbonyl (C=O) groups is 1. The molecule has 6 nitrogen and oxygen atoms in total. The normalized spacial score (nSPS) is 16.1. The smallest absolute Gasteiger partial charge is 0.269 e. The van der Waals surface area contributed by atoms with Crippen molar-refractivity contribution in [2.75, 3.05) is 18.0 Å². The number of aryl methyl sites for hydroxylation is 2. The first kappa shape index (κ1) is 21.8. The molecule has 32 heavy (non-hydrogen) atoms. The van der Waals surface area contributed by atoms with Gasteiger partial charge in [0.2, 0.25) is 5.91 Å². The zero-order chi connectivity index (χ0) is 22.5. The van der Waals surface area contributed by atoms with Crippen LogP contribution < -0.4 is 15.8 Å². The summed E-state index contributed by atoms with van der Waals surface area (Å²) in [5.74, 6) is -0.0275. The van der Waals surface area contributed by atoms with Gasteiger partial charge in [-0.2, -0.15) is 5.10 Å². The summed E-state index contributed by atoms with van der Waals surface area (Å²) < 4.78 is 1.47. The minimum Gasteiger partial charge on any atom is -0.369 e. The van der Waals surface area contributed by atoms with Gasteiger partial charge in [0.25, 0.3) is 5.56 Å². The van der Waals surface area contributed by atoms with E-state index < -0.39 is 0 Å². The van der Waals surface area contributed by atoms with Crippen molar-refractivity contribution < 1.29 is 4.79 Å². The highest BCUT2D eigenvalue weighted by Crippen LogP contribution is 2.22. The molecule has 0 aliphatic carbocycles. The van der Waals surface area contributed by atoms with Gasteiger partial charge in [-0.3, -0.25) is 9.59 Å². The lowest BCUT2D eigenvalue weighted by Gasteiger charge is -2.33. The third-order valence-corrected chi connectivity index (χ3v) is 6.23. The van der Waals surface area contributed by atoms with E-state index >= 15 is 0 Å². The zero-order valence-electron chi connectivity index (χ0n) is 18.8. The highest BCUT2D eigenvalue weighted by atomic mass is 16.2. The first-order valence-electron chi connectivity index (χ1n) is 11.2. The van der Waals surface area contributed by atoms with Crippen molar-refractivity contribution in [3.8, 4) is 0 Å². The van der Waals surface area contributed by atoms with Crippen LogP contribution in [-0.4, -0.2) is 28.8 Å². The second-order valence-electron chi connectivity index (χ2n) is 8.62. The minimum atomic E-state index is -0.132. The Balaban J connectivity index is 1.37. The van der Waals surface area contributed by atoms with E-state index in [1.807, 2.05) is 30.3 Å². The maximum absolute atomic E-state index is 12.8. The minimum absolute atomic E-state index is 0.0679. The van der Waals surface area contributed by atoms with Crippen LogP contribution in [0.4, 0.5) is 5.69 Å². The molecule has 1 atom stereocenters. The van der Waals surface area contributed by atoms with Crippen LogP contribution in [-0.2, 0) is 17.9 Å². The second-order valence-corrected chi connectivity index (χ2v) is 8.62. The number of piperidine rings is 1. The Morgan fingerprint density at radius 3 is 2.62 bits per heavy atom. The SMILES string of the molecule is Cc1ccc(CNC(=O)[C@@H]2CCCN(c3cnn(Cc4ccccc4)c(=O)c3)C2)cc1C. The first-order chi connectivity index (χ1) is 15.5. The van der Waals surface area contributed by atoms with Crippen molar-refractivity contribution >= 4 is 11.6 Å². The number of hydrogen-bond donors (Lipinski definition) is 1. The van der Waals surface area contributed by atoms with Crippen LogP contribution in [0.25, 0.3) is 0 Å². The fourth-order valence-electron chi connectivity index (χ4n) is 4.14. The van der Waals surface area contributed by atoms with Gasteiger partial charge in [-0.15, -0.1) is 0 Å². The molecule has 166 valence electrons. The third-order valence-electron chi connectivity index (χ3n) is 6.23. The monoisotopic (exact) mass is 430 g/mol. The van der Waals surface area contributed by atoms with Gasteiger partial charge in [-0.05, 0) is 48.9 Å². The average molecular weight is 431 g/mol. The molecule has 6 heteroatoms. The molecule has 1 saturated heterocycles. The van der Waals surface area contributed by atoms with Gasteiger partial charge >= 0.3 is 0 Å². The Hall–Kier alpha value is -3.41. The molecule has 0 unspecified atom stereocenters. The van der Waals surface area contributed by atoms with E-state index in [9.17, 15) is 9.59 Å². The van der Waals surface area contributed by atoms with Crippen LogP contribution in [0.5, 0.6) is 0 Å². The van der Waals surface area contributed by atoms with Gasteiger partial charge in [0.1, 0.15) is 0 Å². The van der Waals surface area contributed by atoms with Crippen molar-refractivity contribution in [2.45, 2.75) is 39.8 Å². The molecule has 3 aromatic rings. The maximum Gasteiger partial charge on any atom is 0.269 e. The van der Waals surface area contributed by atoms with Crippen LogP contribution in [0.1, 0.15) is 35.1 Å². The number of hydrogen-bond acceptors (Lipinski definition) is 4. The standard InChI is InChI=1S/C26H30N4O2/c1-19-10-11-22(13-20(19)2)15-27-26(32)23-9-6-12-29(18-23)24-14-25(31)30(28-16-24)17-21-7-4-3-5-8-21/h3-5,7-8,10-11,13-14,16,23H,6,9,12,15,17-18H2,1-2H3,(H,27,32)/t23-/m1/s1. The van der Waals surface area contributed by atoms with Gasteiger partial charge in [0.05, 0.1) is 24.3 Å². The highest BCUT2D eigenvalue weighted by Gasteiger charge is 2.26. The summed E-state index contributed by atoms with van der Waals surface area (Å²) in [7, 11) is 0. The van der Waals surface area contributed by atoms with E-state index in [4.69, 9.17) is 0 Å². The molecule has 0 bridgehead atoms. The first-order valence-corrected chi connectivity index (χ1v) is 11.2. The molecule has 1 amide bonds. The number of carbonyl (C=O) groups excluding carboxylic acids is 1. The Labute approximate surface area is 188 Å². The molecule has 1 aromatic heterocycles. The number of rotatable bonds is 6. The number of benzene rings is 2. The summed E-state index contributed by atoms with van der Waals surface area (Å²) in [5, 5.41) is 7.46. The topological polar surface area (TPSA) is 67.2 Å². The summed E-state index contributed by atoms with van der Waals surface area (Å²) >= 11 is 0. The van der Waals surface area contributed by atoms with Crippen LogP contribution >= 0.6 is 0 Å². The molecule has 0 saturated carbocycles. The van der Waals surface area contributed by atoms with Crippen molar-refractivity contribution in [1.29, 1.82) is 0 Å².